The predicted molar refractivity (Wildman–Crippen MR) is 123 cm³/mol. The Morgan fingerprint density at radius 3 is 2.44 bits per heavy atom. The van der Waals surface area contributed by atoms with Crippen LogP contribution in [0.4, 0.5) is 0 Å². The van der Waals surface area contributed by atoms with Crippen LogP contribution >= 0.6 is 0 Å². The first-order chi connectivity index (χ1) is 15.5. The number of hydrogen-bond acceptors (Lipinski definition) is 4. The summed E-state index contributed by atoms with van der Waals surface area (Å²) in [4.78, 5) is 17.6. The van der Waals surface area contributed by atoms with Gasteiger partial charge in [0, 0.05) is 42.8 Å². The minimum absolute atomic E-state index is 0.228. The topological polar surface area (TPSA) is 59.4 Å². The fraction of sp³-hybridized carbons (Fsp3) is 0.333. The van der Waals surface area contributed by atoms with Crippen LogP contribution in [0, 0.1) is 0 Å². The van der Waals surface area contributed by atoms with Gasteiger partial charge < -0.3 is 14.3 Å². The van der Waals surface area contributed by atoms with E-state index in [1.54, 1.807) is 6.20 Å². The lowest BCUT2D eigenvalue weighted by Gasteiger charge is -2.36. The minimum Gasteiger partial charge on any atom is -0.457 e. The number of likely N-dealkylation sites (N-methyl/N-ethyl adjacent to an activating group) is 1. The number of ether oxygens (including phenoxy) is 1. The third-order valence-electron chi connectivity index (χ3n) is 7.35. The number of likely N-dealkylation sites (tertiary alicyclic amines) is 1. The van der Waals surface area contributed by atoms with E-state index in [0.29, 0.717) is 17.7 Å². The second kappa shape index (κ2) is 8.15. The third-order valence-corrected chi connectivity index (χ3v) is 7.35. The Hall–Kier alpha value is -3.02. The molecule has 5 heteroatoms. The largest absolute Gasteiger partial charge is 0.457 e. The van der Waals surface area contributed by atoms with Crippen molar-refractivity contribution in [1.29, 1.82) is 0 Å². The molecule has 5 nitrogen and oxygen atoms in total. The van der Waals surface area contributed by atoms with Gasteiger partial charge in [0.1, 0.15) is 12.6 Å². The van der Waals surface area contributed by atoms with Gasteiger partial charge in [-0.1, -0.05) is 54.6 Å². The normalized spacial score (nSPS) is 22.9. The summed E-state index contributed by atoms with van der Waals surface area (Å²) in [6.45, 7) is 2.36. The number of carbonyl (C=O) groups is 1. The first-order valence-electron chi connectivity index (χ1n) is 11.3. The Morgan fingerprint density at radius 1 is 1.09 bits per heavy atom. The van der Waals surface area contributed by atoms with Crippen molar-refractivity contribution in [3.8, 4) is 11.1 Å². The molecule has 164 valence electrons. The number of esters is 1. The lowest BCUT2D eigenvalue weighted by atomic mass is 9.91. The van der Waals surface area contributed by atoms with Crippen LogP contribution in [-0.4, -0.2) is 53.3 Å². The van der Waals surface area contributed by atoms with Crippen LogP contribution < -0.4 is 0 Å². The molecule has 0 saturated carbocycles. The summed E-state index contributed by atoms with van der Waals surface area (Å²) in [6, 6.07) is 19.4. The van der Waals surface area contributed by atoms with Gasteiger partial charge in [-0.3, -0.25) is 4.98 Å². The Labute approximate surface area is 188 Å². The molecule has 0 bridgehead atoms. The average Bonchev–Trinajstić information content (AvgIpc) is 3.33. The molecule has 3 aromatic rings. The highest BCUT2D eigenvalue weighted by atomic mass is 16.6. The van der Waals surface area contributed by atoms with Crippen molar-refractivity contribution < 1.29 is 19.1 Å². The van der Waals surface area contributed by atoms with Gasteiger partial charge in [0.2, 0.25) is 5.60 Å². The molecular formula is C27H29N2O3+. The number of hydrogen-bond donors (Lipinski definition) is 1. The average molecular weight is 430 g/mol. The van der Waals surface area contributed by atoms with E-state index >= 15 is 0 Å². The van der Waals surface area contributed by atoms with E-state index in [2.05, 4.69) is 18.1 Å². The molecule has 32 heavy (non-hydrogen) atoms. The summed E-state index contributed by atoms with van der Waals surface area (Å²) in [7, 11) is 2.25. The first kappa shape index (κ1) is 20.9. The van der Waals surface area contributed by atoms with Gasteiger partial charge >= 0.3 is 5.97 Å². The lowest BCUT2D eigenvalue weighted by molar-refractivity contribution is -0.921. The molecule has 1 fully saturated rings. The fourth-order valence-electron chi connectivity index (χ4n) is 5.38. The highest BCUT2D eigenvalue weighted by molar-refractivity contribution is 5.96. The number of aromatic nitrogens is 1. The summed E-state index contributed by atoms with van der Waals surface area (Å²) in [5, 5.41) is 11.6. The van der Waals surface area contributed by atoms with Crippen molar-refractivity contribution in [1.82, 2.24) is 4.98 Å². The molecule has 2 heterocycles. The highest BCUT2D eigenvalue weighted by Crippen LogP contribution is 2.48. The van der Waals surface area contributed by atoms with Crippen LogP contribution in [0.25, 0.3) is 11.1 Å². The molecule has 5 rings (SSSR count). The zero-order valence-electron chi connectivity index (χ0n) is 18.4. The summed E-state index contributed by atoms with van der Waals surface area (Å²) in [5.41, 5.74) is 2.45. The van der Waals surface area contributed by atoms with Crippen LogP contribution in [0.3, 0.4) is 0 Å². The maximum Gasteiger partial charge on any atom is 0.347 e. The number of benzene rings is 2. The zero-order chi connectivity index (χ0) is 22.2. The molecule has 2 aliphatic rings. The molecule has 1 N–H and O–H groups in total. The van der Waals surface area contributed by atoms with Crippen molar-refractivity contribution in [2.75, 3.05) is 26.7 Å². The Kier molecular flexibility index (Phi) is 5.31. The number of quaternary nitrogens is 1. The monoisotopic (exact) mass is 429 g/mol. The van der Waals surface area contributed by atoms with Gasteiger partial charge in [-0.2, -0.15) is 0 Å². The van der Waals surface area contributed by atoms with Crippen molar-refractivity contribution in [3.05, 3.63) is 89.7 Å². The van der Waals surface area contributed by atoms with E-state index in [-0.39, 0.29) is 6.04 Å². The van der Waals surface area contributed by atoms with Crippen molar-refractivity contribution in [2.45, 2.75) is 30.9 Å². The maximum atomic E-state index is 13.4. The van der Waals surface area contributed by atoms with Crippen molar-refractivity contribution in [3.63, 3.8) is 0 Å². The van der Waals surface area contributed by atoms with Crippen LogP contribution in [0.1, 0.15) is 29.5 Å². The molecular weight excluding hydrogens is 400 g/mol. The first-order valence-corrected chi connectivity index (χ1v) is 11.3. The number of rotatable bonds is 6. The van der Waals surface area contributed by atoms with Gasteiger partial charge in [-0.05, 0) is 22.8 Å². The van der Waals surface area contributed by atoms with Crippen LogP contribution in [0.2, 0.25) is 0 Å². The molecule has 1 aromatic heterocycles. The number of aliphatic hydroxyl groups is 1. The minimum atomic E-state index is -1.76. The van der Waals surface area contributed by atoms with E-state index in [1.165, 1.54) is 5.56 Å². The fourth-order valence-corrected chi connectivity index (χ4v) is 5.38. The van der Waals surface area contributed by atoms with Crippen LogP contribution in [0.15, 0.2) is 73.1 Å². The quantitative estimate of drug-likeness (QED) is 0.480. The molecule has 1 aliphatic carbocycles. The van der Waals surface area contributed by atoms with E-state index in [1.807, 2.05) is 60.8 Å². The van der Waals surface area contributed by atoms with Gasteiger partial charge in [-0.25, -0.2) is 4.79 Å². The summed E-state index contributed by atoms with van der Waals surface area (Å²) < 4.78 is 6.73. The van der Waals surface area contributed by atoms with E-state index in [9.17, 15) is 9.90 Å². The van der Waals surface area contributed by atoms with Gasteiger partial charge in [0.15, 0.2) is 0 Å². The van der Waals surface area contributed by atoms with E-state index in [4.69, 9.17) is 4.74 Å². The molecule has 0 amide bonds. The smallest absolute Gasteiger partial charge is 0.347 e. The number of pyridine rings is 1. The van der Waals surface area contributed by atoms with E-state index < -0.39 is 11.6 Å². The highest BCUT2D eigenvalue weighted by Gasteiger charge is 2.50. The van der Waals surface area contributed by atoms with Gasteiger partial charge in [-0.15, -0.1) is 0 Å². The molecule has 1 aliphatic heterocycles. The standard InChI is InChI=1S/C27H29N2O3/c1-29(17-14-20-8-6-15-28-18-20)16-7-9-21(29)19-32-26(30)27(31)24-12-4-2-10-22(24)23-11-3-5-13-25(23)27/h2-6,8,10-13,15,18,21,31H,7,9,14,16-17,19H2,1H3/q+1/t21?,29-/m1/s1. The van der Waals surface area contributed by atoms with Gasteiger partial charge in [0.05, 0.1) is 20.1 Å². The Morgan fingerprint density at radius 2 is 1.78 bits per heavy atom. The number of fused-ring (bicyclic) bond motifs is 3. The van der Waals surface area contributed by atoms with Gasteiger partial charge in [0.25, 0.3) is 0 Å². The Bertz CT molecular complexity index is 1090. The van der Waals surface area contributed by atoms with E-state index in [0.717, 1.165) is 48.0 Å². The second-order valence-corrected chi connectivity index (χ2v) is 9.23. The second-order valence-electron chi connectivity index (χ2n) is 9.23. The summed E-state index contributed by atoms with van der Waals surface area (Å²) in [5.74, 6) is -0.583. The van der Waals surface area contributed by atoms with Crippen molar-refractivity contribution >= 4 is 5.97 Å². The molecule has 1 saturated heterocycles. The zero-order valence-corrected chi connectivity index (χ0v) is 18.4. The third kappa shape index (κ3) is 3.42. The number of nitrogens with zero attached hydrogens (tertiary/aromatic N) is 2. The van der Waals surface area contributed by atoms with Crippen LogP contribution in [0.5, 0.6) is 0 Å². The molecule has 0 spiro atoms. The van der Waals surface area contributed by atoms with Crippen molar-refractivity contribution in [2.24, 2.45) is 0 Å². The molecule has 2 aromatic carbocycles. The molecule has 1 unspecified atom stereocenters. The molecule has 2 atom stereocenters. The SMILES string of the molecule is C[N@+]1(CCc2cccnc2)CCCC1COC(=O)C1(O)c2ccccc2-c2ccccc21. The summed E-state index contributed by atoms with van der Waals surface area (Å²) in [6.07, 6.45) is 6.79. The molecule has 0 radical (unpaired) electrons. The predicted octanol–water partition coefficient (Wildman–Crippen LogP) is 3.69. The lowest BCUT2D eigenvalue weighted by Crippen LogP contribution is -2.52. The maximum absolute atomic E-state index is 13.4. The Balaban J connectivity index is 1.32. The van der Waals surface area contributed by atoms with Crippen LogP contribution in [-0.2, 0) is 21.6 Å². The number of carbonyl (C=O) groups excluding carboxylic acids is 1. The summed E-state index contributed by atoms with van der Waals surface area (Å²) >= 11 is 0.